The third kappa shape index (κ3) is 4.92. The number of halogens is 1. The smallest absolute Gasteiger partial charge is 0.272 e. The fourth-order valence-corrected chi connectivity index (χ4v) is 3.70. The molecule has 2 N–H and O–H groups in total. The Labute approximate surface area is 169 Å². The van der Waals surface area contributed by atoms with Crippen LogP contribution in [0, 0.1) is 5.82 Å². The third-order valence-corrected chi connectivity index (χ3v) is 5.31. The lowest BCUT2D eigenvalue weighted by Crippen LogP contribution is -2.45. The lowest BCUT2D eigenvalue weighted by Gasteiger charge is -2.32. The standard InChI is InChI=1S/C22H25FN4O2/c23-16-6-8-18(9-7-16)29-15-3-12-27-13-10-17(11-14-27)24-22(28)21-19-4-1-2-5-20(19)25-26-21/h1-2,4-9,17H,3,10-15H2,(H,24,28)(H,25,26). The Balaban J connectivity index is 1.17. The Morgan fingerprint density at radius 2 is 1.93 bits per heavy atom. The van der Waals surface area contributed by atoms with Gasteiger partial charge in [-0.3, -0.25) is 9.89 Å². The van der Waals surface area contributed by atoms with Crippen LogP contribution in [0.3, 0.4) is 0 Å². The second kappa shape index (κ2) is 9.05. The lowest BCUT2D eigenvalue weighted by atomic mass is 10.0. The Bertz CT molecular complexity index is 949. The van der Waals surface area contributed by atoms with Crippen molar-refractivity contribution >= 4 is 16.8 Å². The quantitative estimate of drug-likeness (QED) is 0.601. The number of para-hydroxylation sites is 1. The number of benzene rings is 2. The number of carbonyl (C=O) groups excluding carboxylic acids is 1. The number of rotatable bonds is 7. The number of aromatic amines is 1. The monoisotopic (exact) mass is 396 g/mol. The summed E-state index contributed by atoms with van der Waals surface area (Å²) in [5, 5.41) is 11.1. The van der Waals surface area contributed by atoms with Crippen molar-refractivity contribution in [3.63, 3.8) is 0 Å². The Kier molecular flexibility index (Phi) is 6.05. The maximum Gasteiger partial charge on any atom is 0.272 e. The molecule has 1 aliphatic heterocycles. The molecule has 1 saturated heterocycles. The van der Waals surface area contributed by atoms with Gasteiger partial charge in [0.2, 0.25) is 0 Å². The molecular weight excluding hydrogens is 371 g/mol. The van der Waals surface area contributed by atoms with E-state index in [1.165, 1.54) is 12.1 Å². The fourth-order valence-electron chi connectivity index (χ4n) is 3.70. The molecule has 2 aromatic carbocycles. The van der Waals surface area contributed by atoms with Gasteiger partial charge in [-0.1, -0.05) is 18.2 Å². The van der Waals surface area contributed by atoms with Gasteiger partial charge in [-0.15, -0.1) is 0 Å². The highest BCUT2D eigenvalue weighted by Crippen LogP contribution is 2.17. The lowest BCUT2D eigenvalue weighted by molar-refractivity contribution is 0.0906. The fraction of sp³-hybridized carbons (Fsp3) is 0.364. The summed E-state index contributed by atoms with van der Waals surface area (Å²) < 4.78 is 18.5. The summed E-state index contributed by atoms with van der Waals surface area (Å²) in [5.41, 5.74) is 1.33. The molecule has 1 aliphatic rings. The molecule has 0 atom stereocenters. The minimum Gasteiger partial charge on any atom is -0.494 e. The molecule has 29 heavy (non-hydrogen) atoms. The van der Waals surface area contributed by atoms with Gasteiger partial charge >= 0.3 is 0 Å². The van der Waals surface area contributed by atoms with Crippen molar-refractivity contribution in [3.8, 4) is 5.75 Å². The van der Waals surface area contributed by atoms with Crippen molar-refractivity contribution in [2.45, 2.75) is 25.3 Å². The first-order valence-electron chi connectivity index (χ1n) is 10.0. The van der Waals surface area contributed by atoms with E-state index in [0.29, 0.717) is 18.1 Å². The number of nitrogens with zero attached hydrogens (tertiary/aromatic N) is 2. The topological polar surface area (TPSA) is 70.2 Å². The maximum absolute atomic E-state index is 12.9. The van der Waals surface area contributed by atoms with Crippen LogP contribution in [0.2, 0.25) is 0 Å². The van der Waals surface area contributed by atoms with Gasteiger partial charge in [-0.2, -0.15) is 5.10 Å². The number of hydrogen-bond acceptors (Lipinski definition) is 4. The van der Waals surface area contributed by atoms with E-state index in [2.05, 4.69) is 20.4 Å². The van der Waals surface area contributed by atoms with Crippen molar-refractivity contribution < 1.29 is 13.9 Å². The molecule has 0 aliphatic carbocycles. The van der Waals surface area contributed by atoms with Crippen LogP contribution in [-0.2, 0) is 0 Å². The first kappa shape index (κ1) is 19.4. The zero-order valence-electron chi connectivity index (χ0n) is 16.2. The van der Waals surface area contributed by atoms with Crippen molar-refractivity contribution in [2.75, 3.05) is 26.2 Å². The molecule has 1 fully saturated rings. The van der Waals surface area contributed by atoms with Gasteiger partial charge in [-0.25, -0.2) is 4.39 Å². The number of piperidine rings is 1. The first-order chi connectivity index (χ1) is 14.2. The average molecular weight is 396 g/mol. The van der Waals surface area contributed by atoms with E-state index in [0.717, 1.165) is 49.8 Å². The van der Waals surface area contributed by atoms with E-state index in [9.17, 15) is 9.18 Å². The summed E-state index contributed by atoms with van der Waals surface area (Å²) in [5.74, 6) is 0.320. The largest absolute Gasteiger partial charge is 0.494 e. The van der Waals surface area contributed by atoms with Crippen LogP contribution in [0.5, 0.6) is 5.75 Å². The molecule has 0 bridgehead atoms. The third-order valence-electron chi connectivity index (χ3n) is 5.31. The minimum absolute atomic E-state index is 0.117. The number of amides is 1. The summed E-state index contributed by atoms with van der Waals surface area (Å²) >= 11 is 0. The van der Waals surface area contributed by atoms with Crippen LogP contribution in [0.25, 0.3) is 10.9 Å². The van der Waals surface area contributed by atoms with Gasteiger partial charge in [-0.05, 0) is 49.6 Å². The number of ether oxygens (including phenoxy) is 1. The van der Waals surface area contributed by atoms with Crippen LogP contribution in [0.4, 0.5) is 4.39 Å². The summed E-state index contributed by atoms with van der Waals surface area (Å²) in [6.07, 6.45) is 2.76. The summed E-state index contributed by atoms with van der Waals surface area (Å²) in [4.78, 5) is 15.0. The highest BCUT2D eigenvalue weighted by molar-refractivity contribution is 6.04. The molecule has 0 spiro atoms. The average Bonchev–Trinajstić information content (AvgIpc) is 3.18. The summed E-state index contributed by atoms with van der Waals surface area (Å²) in [6.45, 7) is 3.45. The Morgan fingerprint density at radius 3 is 2.72 bits per heavy atom. The van der Waals surface area contributed by atoms with E-state index >= 15 is 0 Å². The summed E-state index contributed by atoms with van der Waals surface area (Å²) in [7, 11) is 0. The number of hydrogen-bond donors (Lipinski definition) is 2. The predicted molar refractivity (Wildman–Crippen MR) is 110 cm³/mol. The van der Waals surface area contributed by atoms with Crippen LogP contribution >= 0.6 is 0 Å². The SMILES string of the molecule is O=C(NC1CCN(CCCOc2ccc(F)cc2)CC1)c1n[nH]c2ccccc12. The molecule has 2 heterocycles. The van der Waals surface area contributed by atoms with E-state index < -0.39 is 0 Å². The van der Waals surface area contributed by atoms with Gasteiger partial charge in [0.25, 0.3) is 5.91 Å². The number of likely N-dealkylation sites (tertiary alicyclic amines) is 1. The zero-order chi connectivity index (χ0) is 20.1. The molecule has 7 heteroatoms. The van der Waals surface area contributed by atoms with Gasteiger partial charge in [0.15, 0.2) is 5.69 Å². The molecule has 1 aromatic heterocycles. The molecule has 4 rings (SSSR count). The van der Waals surface area contributed by atoms with E-state index in [1.807, 2.05) is 24.3 Å². The van der Waals surface area contributed by atoms with Crippen molar-refractivity contribution in [1.82, 2.24) is 20.4 Å². The summed E-state index contributed by atoms with van der Waals surface area (Å²) in [6, 6.07) is 13.9. The molecule has 0 saturated carbocycles. The molecular formula is C22H25FN4O2. The highest BCUT2D eigenvalue weighted by Gasteiger charge is 2.22. The number of carbonyl (C=O) groups is 1. The molecule has 3 aromatic rings. The van der Waals surface area contributed by atoms with Crippen LogP contribution in [0.1, 0.15) is 29.8 Å². The van der Waals surface area contributed by atoms with Gasteiger partial charge in [0, 0.05) is 31.1 Å². The van der Waals surface area contributed by atoms with Gasteiger partial charge in [0.1, 0.15) is 11.6 Å². The molecule has 1 amide bonds. The number of fused-ring (bicyclic) bond motifs is 1. The predicted octanol–water partition coefficient (Wildman–Crippen LogP) is 3.37. The maximum atomic E-state index is 12.9. The van der Waals surface area contributed by atoms with E-state index in [4.69, 9.17) is 4.74 Å². The normalized spacial score (nSPS) is 15.5. The Morgan fingerprint density at radius 1 is 1.17 bits per heavy atom. The zero-order valence-corrected chi connectivity index (χ0v) is 16.2. The highest BCUT2D eigenvalue weighted by atomic mass is 19.1. The van der Waals surface area contributed by atoms with Crippen molar-refractivity contribution in [3.05, 3.63) is 60.0 Å². The Hall–Kier alpha value is -2.93. The van der Waals surface area contributed by atoms with Crippen LogP contribution in [-0.4, -0.2) is 53.3 Å². The molecule has 0 unspecified atom stereocenters. The van der Waals surface area contributed by atoms with Crippen molar-refractivity contribution in [1.29, 1.82) is 0 Å². The number of nitrogens with one attached hydrogen (secondary N) is 2. The van der Waals surface area contributed by atoms with E-state index in [-0.39, 0.29) is 17.8 Å². The van der Waals surface area contributed by atoms with Crippen molar-refractivity contribution in [2.24, 2.45) is 0 Å². The van der Waals surface area contributed by atoms with Gasteiger partial charge < -0.3 is 15.0 Å². The first-order valence-corrected chi connectivity index (χ1v) is 10.0. The molecule has 6 nitrogen and oxygen atoms in total. The molecule has 152 valence electrons. The number of aromatic nitrogens is 2. The second-order valence-electron chi connectivity index (χ2n) is 7.36. The molecule has 0 radical (unpaired) electrons. The number of H-pyrrole nitrogens is 1. The minimum atomic E-state index is -0.257. The van der Waals surface area contributed by atoms with Crippen LogP contribution in [0.15, 0.2) is 48.5 Å². The van der Waals surface area contributed by atoms with Crippen LogP contribution < -0.4 is 10.1 Å². The second-order valence-corrected chi connectivity index (χ2v) is 7.36. The van der Waals surface area contributed by atoms with E-state index in [1.54, 1.807) is 12.1 Å². The van der Waals surface area contributed by atoms with Gasteiger partial charge in [0.05, 0.1) is 12.1 Å².